The van der Waals surface area contributed by atoms with E-state index in [4.69, 9.17) is 9.16 Å². The SMILES string of the molecule is CC(C)(C)[Si](C)(C)OCCC[C@@H]1CC=CCN1C(=O)OCc1ccccc1. The molecule has 1 atom stereocenters. The highest BCUT2D eigenvalue weighted by atomic mass is 28.4. The molecule has 1 aromatic carbocycles. The molecule has 2 rings (SSSR count). The lowest BCUT2D eigenvalue weighted by Gasteiger charge is -2.36. The van der Waals surface area contributed by atoms with Gasteiger partial charge in [0.15, 0.2) is 8.32 Å². The minimum Gasteiger partial charge on any atom is -0.445 e. The third kappa shape index (κ3) is 6.50. The first-order valence-corrected chi connectivity index (χ1v) is 12.9. The van der Waals surface area contributed by atoms with Crippen LogP contribution in [0.4, 0.5) is 4.79 Å². The van der Waals surface area contributed by atoms with Crippen LogP contribution in [-0.4, -0.2) is 38.5 Å². The van der Waals surface area contributed by atoms with Gasteiger partial charge in [-0.25, -0.2) is 4.79 Å². The first-order chi connectivity index (χ1) is 12.7. The Morgan fingerprint density at radius 3 is 2.56 bits per heavy atom. The molecule has 4 nitrogen and oxygen atoms in total. The van der Waals surface area contributed by atoms with Crippen LogP contribution < -0.4 is 0 Å². The van der Waals surface area contributed by atoms with E-state index in [1.807, 2.05) is 41.3 Å². The summed E-state index contributed by atoms with van der Waals surface area (Å²) in [7, 11) is -1.70. The second-order valence-electron chi connectivity index (χ2n) is 8.80. The van der Waals surface area contributed by atoms with Gasteiger partial charge < -0.3 is 14.1 Å². The molecule has 150 valence electrons. The van der Waals surface area contributed by atoms with Crippen LogP contribution in [0.5, 0.6) is 0 Å². The number of amides is 1. The van der Waals surface area contributed by atoms with Gasteiger partial charge in [0.05, 0.1) is 0 Å². The maximum absolute atomic E-state index is 12.6. The number of nitrogens with zero attached hydrogens (tertiary/aromatic N) is 1. The Labute approximate surface area is 165 Å². The van der Waals surface area contributed by atoms with Gasteiger partial charge in [0.2, 0.25) is 0 Å². The third-order valence-corrected chi connectivity index (χ3v) is 10.2. The van der Waals surface area contributed by atoms with Gasteiger partial charge in [-0.05, 0) is 43.0 Å². The van der Waals surface area contributed by atoms with Gasteiger partial charge >= 0.3 is 6.09 Å². The van der Waals surface area contributed by atoms with Crippen molar-refractivity contribution in [3.63, 3.8) is 0 Å². The fourth-order valence-corrected chi connectivity index (χ4v) is 3.97. The molecule has 0 spiro atoms. The van der Waals surface area contributed by atoms with Gasteiger partial charge in [-0.3, -0.25) is 0 Å². The molecule has 0 unspecified atom stereocenters. The molecule has 0 aromatic heterocycles. The molecule has 1 aliphatic rings. The van der Waals surface area contributed by atoms with Crippen LogP contribution in [-0.2, 0) is 15.8 Å². The number of hydrogen-bond donors (Lipinski definition) is 0. The van der Waals surface area contributed by atoms with Crippen molar-refractivity contribution in [2.75, 3.05) is 13.2 Å². The van der Waals surface area contributed by atoms with Crippen LogP contribution in [0.15, 0.2) is 42.5 Å². The number of hydrogen-bond acceptors (Lipinski definition) is 3. The van der Waals surface area contributed by atoms with Gasteiger partial charge in [0.25, 0.3) is 0 Å². The molecule has 1 amide bonds. The van der Waals surface area contributed by atoms with Crippen molar-refractivity contribution in [1.82, 2.24) is 4.90 Å². The Morgan fingerprint density at radius 1 is 1.19 bits per heavy atom. The highest BCUT2D eigenvalue weighted by Gasteiger charge is 2.37. The standard InChI is InChI=1S/C22H35NO3Si/c1-22(2,3)27(4,5)26-17-11-15-20-14-9-10-16-23(20)21(24)25-18-19-12-7-6-8-13-19/h6-10,12-13,20H,11,14-18H2,1-5H3/t20-/m0/s1. The van der Waals surface area contributed by atoms with Crippen LogP contribution in [0.2, 0.25) is 18.1 Å². The van der Waals surface area contributed by atoms with Gasteiger partial charge in [0.1, 0.15) is 6.61 Å². The molecule has 0 N–H and O–H groups in total. The maximum Gasteiger partial charge on any atom is 0.410 e. The molecule has 1 heterocycles. The van der Waals surface area contributed by atoms with Gasteiger partial charge in [-0.1, -0.05) is 63.3 Å². The molecule has 1 aromatic rings. The third-order valence-electron chi connectivity index (χ3n) is 5.71. The quantitative estimate of drug-likeness (QED) is 0.338. The van der Waals surface area contributed by atoms with Crippen molar-refractivity contribution < 1.29 is 14.0 Å². The number of benzene rings is 1. The topological polar surface area (TPSA) is 38.8 Å². The highest BCUT2D eigenvalue weighted by Crippen LogP contribution is 2.36. The van der Waals surface area contributed by atoms with E-state index >= 15 is 0 Å². The van der Waals surface area contributed by atoms with E-state index in [-0.39, 0.29) is 17.2 Å². The molecule has 0 aliphatic carbocycles. The average molecular weight is 390 g/mol. The summed E-state index contributed by atoms with van der Waals surface area (Å²) in [5, 5.41) is 0.230. The second-order valence-corrected chi connectivity index (χ2v) is 13.6. The predicted molar refractivity (Wildman–Crippen MR) is 113 cm³/mol. The summed E-state index contributed by atoms with van der Waals surface area (Å²) in [4.78, 5) is 14.4. The smallest absolute Gasteiger partial charge is 0.410 e. The predicted octanol–water partition coefficient (Wildman–Crippen LogP) is 5.76. The van der Waals surface area contributed by atoms with E-state index in [0.29, 0.717) is 13.2 Å². The number of carbonyl (C=O) groups excluding carboxylic acids is 1. The van der Waals surface area contributed by atoms with E-state index in [2.05, 4.69) is 39.9 Å². The molecule has 0 saturated heterocycles. The fraction of sp³-hybridized carbons (Fsp3) is 0.591. The fourth-order valence-electron chi connectivity index (χ4n) is 2.88. The second kappa shape index (κ2) is 9.56. The molecule has 0 bridgehead atoms. The minimum absolute atomic E-state index is 0.196. The normalized spacial score (nSPS) is 17.8. The van der Waals surface area contributed by atoms with E-state index in [1.54, 1.807) is 0 Å². The summed E-state index contributed by atoms with van der Waals surface area (Å²) in [6, 6.07) is 10.0. The largest absolute Gasteiger partial charge is 0.445 e. The molecule has 0 radical (unpaired) electrons. The zero-order chi connectivity index (χ0) is 19.9. The van der Waals surface area contributed by atoms with Crippen molar-refractivity contribution in [2.24, 2.45) is 0 Å². The number of rotatable bonds is 7. The van der Waals surface area contributed by atoms with E-state index in [1.165, 1.54) is 0 Å². The summed E-state index contributed by atoms with van der Waals surface area (Å²) < 4.78 is 11.8. The van der Waals surface area contributed by atoms with E-state index < -0.39 is 8.32 Å². The van der Waals surface area contributed by atoms with Gasteiger partial charge in [0, 0.05) is 19.2 Å². The van der Waals surface area contributed by atoms with Crippen LogP contribution in [0.3, 0.4) is 0 Å². The zero-order valence-corrected chi connectivity index (χ0v) is 18.5. The minimum atomic E-state index is -1.70. The lowest BCUT2D eigenvalue weighted by molar-refractivity contribution is 0.0801. The Bertz CT molecular complexity index is 622. The molecular formula is C22H35NO3Si. The van der Waals surface area contributed by atoms with Crippen molar-refractivity contribution >= 4 is 14.4 Å². The summed E-state index contributed by atoms with van der Waals surface area (Å²) in [6.45, 7) is 13.1. The first-order valence-electron chi connectivity index (χ1n) is 9.97. The Morgan fingerprint density at radius 2 is 1.89 bits per heavy atom. The lowest BCUT2D eigenvalue weighted by atomic mass is 10.0. The van der Waals surface area contributed by atoms with Crippen molar-refractivity contribution in [1.29, 1.82) is 0 Å². The number of carbonyl (C=O) groups is 1. The van der Waals surface area contributed by atoms with Crippen LogP contribution in [0.1, 0.15) is 45.6 Å². The van der Waals surface area contributed by atoms with Gasteiger partial charge in [-0.2, -0.15) is 0 Å². The first kappa shape index (κ1) is 21.7. The molecule has 0 fully saturated rings. The van der Waals surface area contributed by atoms with Crippen LogP contribution in [0, 0.1) is 0 Å². The summed E-state index contributed by atoms with van der Waals surface area (Å²) >= 11 is 0. The molecule has 0 saturated carbocycles. The Kier molecular flexibility index (Phi) is 7.68. The van der Waals surface area contributed by atoms with E-state index in [9.17, 15) is 4.79 Å². The monoisotopic (exact) mass is 389 g/mol. The Balaban J connectivity index is 1.80. The van der Waals surface area contributed by atoms with Crippen molar-refractivity contribution in [3.05, 3.63) is 48.0 Å². The lowest BCUT2D eigenvalue weighted by Crippen LogP contribution is -2.43. The van der Waals surface area contributed by atoms with Gasteiger partial charge in [-0.15, -0.1) is 0 Å². The molecule has 1 aliphatic heterocycles. The summed E-state index contributed by atoms with van der Waals surface area (Å²) in [5.41, 5.74) is 1.01. The molecule has 27 heavy (non-hydrogen) atoms. The van der Waals surface area contributed by atoms with Crippen molar-refractivity contribution in [2.45, 2.75) is 70.8 Å². The van der Waals surface area contributed by atoms with Crippen LogP contribution >= 0.6 is 0 Å². The van der Waals surface area contributed by atoms with Crippen LogP contribution in [0.25, 0.3) is 0 Å². The van der Waals surface area contributed by atoms with Crippen molar-refractivity contribution in [3.8, 4) is 0 Å². The summed E-state index contributed by atoms with van der Waals surface area (Å²) in [5.74, 6) is 0. The molecule has 5 heteroatoms. The van der Waals surface area contributed by atoms with E-state index in [0.717, 1.165) is 31.4 Å². The number of ether oxygens (including phenoxy) is 1. The Hall–Kier alpha value is -1.59. The highest BCUT2D eigenvalue weighted by molar-refractivity contribution is 6.74. The summed E-state index contributed by atoms with van der Waals surface area (Å²) in [6.07, 6.45) is 6.79. The maximum atomic E-state index is 12.6. The zero-order valence-electron chi connectivity index (χ0n) is 17.5. The average Bonchev–Trinajstić information content (AvgIpc) is 2.63. The molecular weight excluding hydrogens is 354 g/mol.